The van der Waals surface area contributed by atoms with Crippen LogP contribution >= 0.6 is 0 Å². The van der Waals surface area contributed by atoms with Crippen LogP contribution < -0.4 is 0 Å². The minimum Gasteiger partial charge on any atom is -0.295 e. The van der Waals surface area contributed by atoms with E-state index in [-0.39, 0.29) is 5.41 Å². The monoisotopic (exact) mass is 552 g/mol. The maximum atomic E-state index is 5.75. The first-order valence-corrected chi connectivity index (χ1v) is 16.5. The van der Waals surface area contributed by atoms with Crippen LogP contribution in [0.25, 0.3) is 11.1 Å². The van der Waals surface area contributed by atoms with Crippen LogP contribution in [-0.4, -0.2) is 29.0 Å². The number of hydrogen-bond acceptors (Lipinski definition) is 2. The molecule has 1 fully saturated rings. The van der Waals surface area contributed by atoms with Gasteiger partial charge in [0.15, 0.2) is 0 Å². The molecule has 7 atom stereocenters. The number of rotatable bonds is 0. The van der Waals surface area contributed by atoms with Crippen molar-refractivity contribution in [2.45, 2.75) is 75.8 Å². The minimum atomic E-state index is -0.314. The molecule has 2 heteroatoms. The van der Waals surface area contributed by atoms with Crippen molar-refractivity contribution in [1.82, 2.24) is 9.88 Å². The van der Waals surface area contributed by atoms with Gasteiger partial charge in [-0.1, -0.05) is 98.8 Å². The maximum absolute atomic E-state index is 5.75. The number of hydrogen-bond donors (Lipinski definition) is 0. The van der Waals surface area contributed by atoms with Gasteiger partial charge in [-0.05, 0) is 109 Å². The van der Waals surface area contributed by atoms with E-state index in [4.69, 9.17) is 4.98 Å². The second-order valence-electron chi connectivity index (χ2n) is 13.9. The first-order valence-electron chi connectivity index (χ1n) is 16.5. The zero-order valence-electron chi connectivity index (χ0n) is 25.4. The molecule has 3 aliphatic carbocycles. The van der Waals surface area contributed by atoms with Gasteiger partial charge in [0.1, 0.15) is 0 Å². The number of allylic oxidation sites excluding steroid dienone is 5. The van der Waals surface area contributed by atoms with Crippen LogP contribution in [0, 0.1) is 23.7 Å². The quantitative estimate of drug-likeness (QED) is 0.259. The van der Waals surface area contributed by atoms with Crippen LogP contribution in [0.5, 0.6) is 0 Å². The number of pyridine rings is 1. The van der Waals surface area contributed by atoms with Gasteiger partial charge in [-0.25, -0.2) is 0 Å². The van der Waals surface area contributed by atoms with E-state index < -0.39 is 0 Å². The van der Waals surface area contributed by atoms with E-state index in [1.807, 2.05) is 0 Å². The van der Waals surface area contributed by atoms with E-state index in [2.05, 4.69) is 123 Å². The van der Waals surface area contributed by atoms with Crippen molar-refractivity contribution in [1.29, 1.82) is 0 Å². The standard InChI is InChI=1S/C40H44N2/c1-26-28-12-8-16-30(26)36-20-10-22-38(41-36)40(34-18-6-4-14-32(34)33-15-5-7-19-35(33)40)39-23-11-21-37(42(39)3)31-17-9-13-29(25-24-28)27(31)2/h4-10,13-20,22,26-30,37,39H,11-12,21,23-25H2,1-3H3. The summed E-state index contributed by atoms with van der Waals surface area (Å²) in [6.07, 6.45) is 19.7. The zero-order valence-corrected chi connectivity index (χ0v) is 25.4. The molecule has 2 aliphatic heterocycles. The van der Waals surface area contributed by atoms with Crippen LogP contribution in [0.4, 0.5) is 0 Å². The Morgan fingerprint density at radius 2 is 1.57 bits per heavy atom. The van der Waals surface area contributed by atoms with Crippen LogP contribution in [0.2, 0.25) is 0 Å². The third-order valence-corrected chi connectivity index (χ3v) is 12.1. The molecule has 1 saturated heterocycles. The van der Waals surface area contributed by atoms with Crippen molar-refractivity contribution in [2.75, 3.05) is 7.05 Å². The van der Waals surface area contributed by atoms with E-state index in [9.17, 15) is 0 Å². The molecule has 8 bridgehead atoms. The molecule has 0 N–H and O–H groups in total. The molecule has 3 aromatic rings. The molecule has 0 amide bonds. The summed E-state index contributed by atoms with van der Waals surface area (Å²) in [5.41, 5.74) is 9.46. The molecule has 2 aromatic carbocycles. The van der Waals surface area contributed by atoms with Crippen LogP contribution in [-0.2, 0) is 5.41 Å². The largest absolute Gasteiger partial charge is 0.295 e. The number of piperidine rings is 1. The van der Waals surface area contributed by atoms with Crippen molar-refractivity contribution >= 4 is 0 Å². The van der Waals surface area contributed by atoms with E-state index >= 15 is 0 Å². The maximum Gasteiger partial charge on any atom is 0.0791 e. The Bertz CT molecular complexity index is 1550. The predicted molar refractivity (Wildman–Crippen MR) is 173 cm³/mol. The second-order valence-corrected chi connectivity index (χ2v) is 13.9. The Morgan fingerprint density at radius 1 is 0.810 bits per heavy atom. The third-order valence-electron chi connectivity index (χ3n) is 12.1. The lowest BCUT2D eigenvalue weighted by molar-refractivity contribution is 0.0917. The molecule has 1 spiro atoms. The van der Waals surface area contributed by atoms with Gasteiger partial charge in [0.2, 0.25) is 0 Å². The van der Waals surface area contributed by atoms with Crippen molar-refractivity contribution in [3.05, 3.63) is 125 Å². The molecule has 5 aliphatic rings. The fourth-order valence-corrected chi connectivity index (χ4v) is 9.86. The van der Waals surface area contributed by atoms with Gasteiger partial charge in [-0.3, -0.25) is 9.88 Å². The molecule has 3 heterocycles. The highest BCUT2D eigenvalue weighted by atomic mass is 15.2. The number of benzene rings is 2. The van der Waals surface area contributed by atoms with E-state index in [1.54, 1.807) is 5.57 Å². The topological polar surface area (TPSA) is 16.1 Å². The van der Waals surface area contributed by atoms with Crippen LogP contribution in [0.3, 0.4) is 0 Å². The van der Waals surface area contributed by atoms with Gasteiger partial charge >= 0.3 is 0 Å². The molecule has 0 saturated carbocycles. The number of likely N-dealkylation sites (N-methyl/N-ethyl adjacent to an activating group) is 1. The fraction of sp³-hybridized carbons (Fsp3) is 0.425. The highest BCUT2D eigenvalue weighted by Gasteiger charge is 2.54. The average Bonchev–Trinajstić information content (AvgIpc) is 3.32. The molecule has 7 unspecified atom stereocenters. The van der Waals surface area contributed by atoms with Crippen molar-refractivity contribution in [3.8, 4) is 11.1 Å². The molecule has 2 nitrogen and oxygen atoms in total. The fourth-order valence-electron chi connectivity index (χ4n) is 9.86. The summed E-state index contributed by atoms with van der Waals surface area (Å²) < 4.78 is 0. The summed E-state index contributed by atoms with van der Waals surface area (Å²) in [6, 6.07) is 26.2. The van der Waals surface area contributed by atoms with Gasteiger partial charge in [-0.2, -0.15) is 0 Å². The molecule has 0 radical (unpaired) electrons. The lowest BCUT2D eigenvalue weighted by Crippen LogP contribution is -2.56. The molecule has 1 aromatic heterocycles. The summed E-state index contributed by atoms with van der Waals surface area (Å²) in [4.78, 5) is 8.53. The Morgan fingerprint density at radius 3 is 2.36 bits per heavy atom. The van der Waals surface area contributed by atoms with Crippen molar-refractivity contribution in [3.63, 3.8) is 0 Å². The second kappa shape index (κ2) is 10.2. The highest BCUT2D eigenvalue weighted by Crippen LogP contribution is 2.57. The Balaban J connectivity index is 1.41. The number of aromatic nitrogens is 1. The molecular formula is C40H44N2. The van der Waals surface area contributed by atoms with Gasteiger partial charge in [0.25, 0.3) is 0 Å². The Hall–Kier alpha value is -3.23. The first kappa shape index (κ1) is 26.4. The van der Waals surface area contributed by atoms with Gasteiger partial charge in [0, 0.05) is 23.7 Å². The van der Waals surface area contributed by atoms with Crippen molar-refractivity contribution < 1.29 is 0 Å². The highest BCUT2D eigenvalue weighted by molar-refractivity contribution is 5.83. The van der Waals surface area contributed by atoms with Gasteiger partial charge in [-0.15, -0.1) is 0 Å². The smallest absolute Gasteiger partial charge is 0.0791 e. The minimum absolute atomic E-state index is 0.314. The van der Waals surface area contributed by atoms with E-state index in [0.29, 0.717) is 41.7 Å². The van der Waals surface area contributed by atoms with E-state index in [0.717, 1.165) is 0 Å². The van der Waals surface area contributed by atoms with Gasteiger partial charge in [0.05, 0.1) is 11.1 Å². The van der Waals surface area contributed by atoms with E-state index in [1.165, 1.54) is 72.2 Å². The molecule has 8 rings (SSSR count). The third kappa shape index (κ3) is 3.77. The summed E-state index contributed by atoms with van der Waals surface area (Å²) in [6.45, 7) is 5.01. The van der Waals surface area contributed by atoms with Gasteiger partial charge < -0.3 is 0 Å². The number of nitrogens with zero attached hydrogens (tertiary/aromatic N) is 2. The van der Waals surface area contributed by atoms with Crippen molar-refractivity contribution in [2.24, 2.45) is 23.7 Å². The zero-order chi connectivity index (χ0) is 28.4. The Kier molecular flexibility index (Phi) is 6.41. The molecule has 42 heavy (non-hydrogen) atoms. The van der Waals surface area contributed by atoms with Crippen LogP contribution in [0.15, 0.2) is 103 Å². The Labute approximate surface area is 252 Å². The lowest BCUT2D eigenvalue weighted by Gasteiger charge is -2.51. The van der Waals surface area contributed by atoms with Crippen LogP contribution in [0.1, 0.15) is 80.8 Å². The summed E-state index contributed by atoms with van der Waals surface area (Å²) in [7, 11) is 2.43. The average molecular weight is 553 g/mol. The lowest BCUT2D eigenvalue weighted by atomic mass is 9.65. The summed E-state index contributed by atoms with van der Waals surface area (Å²) in [5, 5.41) is 0. The predicted octanol–water partition coefficient (Wildman–Crippen LogP) is 9.09. The molecule has 214 valence electrons. The number of fused-ring (bicyclic) bond motifs is 17. The SMILES string of the molecule is CC1C2=CC=CC1CCC1CC=CC(c3cccc(n3)C3(c4ccccc4-c4ccccc43)C3CCCC2N3C)C1C. The summed E-state index contributed by atoms with van der Waals surface area (Å²) in [5.74, 6) is 2.86. The first-order chi connectivity index (χ1) is 20.6. The normalized spacial score (nSPS) is 32.8. The summed E-state index contributed by atoms with van der Waals surface area (Å²) >= 11 is 0. The molecular weight excluding hydrogens is 508 g/mol.